The van der Waals surface area contributed by atoms with Gasteiger partial charge in [-0.3, -0.25) is 9.20 Å². The molecule has 0 unspecified atom stereocenters. The number of carbonyl (C=O) groups excluding carboxylic acids is 1. The van der Waals surface area contributed by atoms with E-state index in [-0.39, 0.29) is 12.2 Å². The van der Waals surface area contributed by atoms with Crippen molar-refractivity contribution in [3.63, 3.8) is 0 Å². The van der Waals surface area contributed by atoms with Crippen molar-refractivity contribution in [1.82, 2.24) is 19.2 Å². The fourth-order valence-electron chi connectivity index (χ4n) is 3.10. The summed E-state index contributed by atoms with van der Waals surface area (Å²) in [6, 6.07) is 10.5. The number of ether oxygens (including phenoxy) is 1. The molecule has 30 heavy (non-hydrogen) atoms. The van der Waals surface area contributed by atoms with Gasteiger partial charge >= 0.3 is 5.97 Å². The zero-order valence-electron chi connectivity index (χ0n) is 15.5. The first kappa shape index (κ1) is 19.0. The molecule has 1 aromatic carbocycles. The molecule has 0 aliphatic carbocycles. The molecule has 7 nitrogen and oxygen atoms in total. The first-order chi connectivity index (χ1) is 14.5. The van der Waals surface area contributed by atoms with Crippen molar-refractivity contribution in [2.75, 3.05) is 0 Å². The number of esters is 1. The number of carbonyl (C=O) groups is 1. The predicted molar refractivity (Wildman–Crippen MR) is 117 cm³/mol. The van der Waals surface area contributed by atoms with Gasteiger partial charge in [0.25, 0.3) is 5.56 Å². The highest BCUT2D eigenvalue weighted by Crippen LogP contribution is 2.31. The predicted octanol–water partition coefficient (Wildman–Crippen LogP) is 4.48. The third kappa shape index (κ3) is 3.30. The first-order valence-corrected chi connectivity index (χ1v) is 10.9. The van der Waals surface area contributed by atoms with Gasteiger partial charge in [0, 0.05) is 28.1 Å². The highest BCUT2D eigenvalue weighted by molar-refractivity contribution is 7.20. The third-order valence-corrected chi connectivity index (χ3v) is 6.59. The summed E-state index contributed by atoms with van der Waals surface area (Å²) < 4.78 is 8.63. The van der Waals surface area contributed by atoms with Crippen molar-refractivity contribution in [1.29, 1.82) is 0 Å². The zero-order valence-corrected chi connectivity index (χ0v) is 17.9. The molecule has 5 rings (SSSR count). The van der Waals surface area contributed by atoms with E-state index >= 15 is 0 Å². The van der Waals surface area contributed by atoms with Gasteiger partial charge in [-0.1, -0.05) is 17.7 Å². The molecule has 5 aromatic rings. The van der Waals surface area contributed by atoms with E-state index in [1.807, 2.05) is 25.1 Å². The molecule has 0 aliphatic rings. The summed E-state index contributed by atoms with van der Waals surface area (Å²) in [6.45, 7) is 1.81. The Labute approximate surface area is 182 Å². The van der Waals surface area contributed by atoms with Crippen molar-refractivity contribution < 1.29 is 9.53 Å². The molecule has 0 bridgehead atoms. The van der Waals surface area contributed by atoms with Gasteiger partial charge in [-0.05, 0) is 31.2 Å². The lowest BCUT2D eigenvalue weighted by atomic mass is 10.3. The molecule has 0 saturated heterocycles. The molecule has 0 radical (unpaired) electrons. The lowest BCUT2D eigenvalue weighted by Crippen LogP contribution is -2.14. The quantitative estimate of drug-likeness (QED) is 0.373. The fraction of sp³-hybridized carbons (Fsp3) is 0.100. The topological polar surface area (TPSA) is 78.5 Å². The maximum atomic E-state index is 12.6. The summed E-state index contributed by atoms with van der Waals surface area (Å²) in [6.07, 6.45) is 1.66. The number of fused-ring (bicyclic) bond motifs is 2. The Morgan fingerprint density at radius 3 is 2.97 bits per heavy atom. The SMILES string of the molecule is Cc1nn(-c2cccc(Cl)c2)c2sc(C(=O)OCc3cc(=O)n4ccsc4n3)cc12. The van der Waals surface area contributed by atoms with Crippen LogP contribution in [-0.4, -0.2) is 25.1 Å². The van der Waals surface area contributed by atoms with Crippen LogP contribution in [0.3, 0.4) is 0 Å². The van der Waals surface area contributed by atoms with Gasteiger partial charge in [0.05, 0.1) is 17.1 Å². The number of nitrogens with zero attached hydrogens (tertiary/aromatic N) is 4. The van der Waals surface area contributed by atoms with E-state index < -0.39 is 5.97 Å². The van der Waals surface area contributed by atoms with Crippen molar-refractivity contribution in [3.8, 4) is 5.69 Å². The minimum Gasteiger partial charge on any atom is -0.455 e. The third-order valence-electron chi connectivity index (χ3n) is 4.51. The summed E-state index contributed by atoms with van der Waals surface area (Å²) in [7, 11) is 0. The Morgan fingerprint density at radius 1 is 1.27 bits per heavy atom. The molecule has 0 spiro atoms. The van der Waals surface area contributed by atoms with Crippen molar-refractivity contribution >= 4 is 55.4 Å². The second-order valence-electron chi connectivity index (χ2n) is 6.52. The molecule has 0 aliphatic heterocycles. The number of aromatic nitrogens is 4. The fourth-order valence-corrected chi connectivity index (χ4v) is 5.10. The van der Waals surface area contributed by atoms with Crippen LogP contribution in [0.1, 0.15) is 21.1 Å². The summed E-state index contributed by atoms with van der Waals surface area (Å²) >= 11 is 8.75. The minimum absolute atomic E-state index is 0.0733. The van der Waals surface area contributed by atoms with Gasteiger partial charge in [0.1, 0.15) is 16.3 Å². The molecule has 0 atom stereocenters. The summed E-state index contributed by atoms with van der Waals surface area (Å²) in [5, 5.41) is 7.82. The first-order valence-electron chi connectivity index (χ1n) is 8.87. The van der Waals surface area contributed by atoms with Crippen molar-refractivity contribution in [3.05, 3.63) is 79.6 Å². The molecule has 10 heteroatoms. The van der Waals surface area contributed by atoms with Gasteiger partial charge in [-0.15, -0.1) is 22.7 Å². The monoisotopic (exact) mass is 456 g/mol. The van der Waals surface area contributed by atoms with Crippen LogP contribution in [0.5, 0.6) is 0 Å². The highest BCUT2D eigenvalue weighted by atomic mass is 35.5. The van der Waals surface area contributed by atoms with Gasteiger partial charge in [-0.25, -0.2) is 14.5 Å². The Kier molecular flexibility index (Phi) is 4.65. The van der Waals surface area contributed by atoms with Crippen molar-refractivity contribution in [2.45, 2.75) is 13.5 Å². The minimum atomic E-state index is -0.471. The summed E-state index contributed by atoms with van der Waals surface area (Å²) in [4.78, 5) is 30.9. The normalized spacial score (nSPS) is 11.4. The average molecular weight is 457 g/mol. The van der Waals surface area contributed by atoms with E-state index in [4.69, 9.17) is 16.3 Å². The average Bonchev–Trinajstić information content (AvgIpc) is 3.43. The molecule has 4 aromatic heterocycles. The molecular weight excluding hydrogens is 444 g/mol. The Hall–Kier alpha value is -3.01. The van der Waals surface area contributed by atoms with Crippen LogP contribution in [0.25, 0.3) is 20.9 Å². The van der Waals surface area contributed by atoms with Crippen LogP contribution in [0.4, 0.5) is 0 Å². The molecule has 0 saturated carbocycles. The number of hydrogen-bond acceptors (Lipinski definition) is 7. The lowest BCUT2D eigenvalue weighted by molar-refractivity contribution is 0.0473. The van der Waals surface area contributed by atoms with E-state index in [9.17, 15) is 9.59 Å². The number of rotatable bonds is 4. The number of thiophene rings is 1. The molecule has 0 fully saturated rings. The van der Waals surface area contributed by atoms with Gasteiger partial charge in [-0.2, -0.15) is 5.10 Å². The van der Waals surface area contributed by atoms with E-state index in [2.05, 4.69) is 10.1 Å². The number of thiazole rings is 1. The number of hydrogen-bond donors (Lipinski definition) is 0. The van der Waals surface area contributed by atoms with Gasteiger partial charge < -0.3 is 4.74 Å². The van der Waals surface area contributed by atoms with E-state index in [1.165, 1.54) is 33.1 Å². The standard InChI is InChI=1S/C20H13ClN4O3S2/c1-11-15-9-16(30-18(15)25(23-11)14-4-2-3-12(21)7-14)19(27)28-10-13-8-17(26)24-5-6-29-20(24)22-13/h2-9H,10H2,1H3. The maximum Gasteiger partial charge on any atom is 0.348 e. The molecule has 150 valence electrons. The summed E-state index contributed by atoms with van der Waals surface area (Å²) in [5.41, 5.74) is 1.83. The Bertz CT molecular complexity index is 1480. The van der Waals surface area contributed by atoms with E-state index in [0.29, 0.717) is 20.6 Å². The number of aryl methyl sites for hydroxylation is 1. The van der Waals surface area contributed by atoms with E-state index in [1.54, 1.807) is 28.4 Å². The van der Waals surface area contributed by atoms with E-state index in [0.717, 1.165) is 21.6 Å². The number of halogens is 1. The van der Waals surface area contributed by atoms with Crippen LogP contribution >= 0.6 is 34.3 Å². The van der Waals surface area contributed by atoms with Gasteiger partial charge in [0.15, 0.2) is 4.96 Å². The summed E-state index contributed by atoms with van der Waals surface area (Å²) in [5.74, 6) is -0.471. The van der Waals surface area contributed by atoms with Crippen LogP contribution < -0.4 is 5.56 Å². The molecule has 4 heterocycles. The largest absolute Gasteiger partial charge is 0.455 e. The maximum absolute atomic E-state index is 12.6. The van der Waals surface area contributed by atoms with Crippen LogP contribution in [0.2, 0.25) is 5.02 Å². The van der Waals surface area contributed by atoms with Gasteiger partial charge in [0.2, 0.25) is 0 Å². The second kappa shape index (κ2) is 7.35. The Morgan fingerprint density at radius 2 is 2.13 bits per heavy atom. The van der Waals surface area contributed by atoms with Crippen LogP contribution in [0, 0.1) is 6.92 Å². The van der Waals surface area contributed by atoms with Crippen molar-refractivity contribution in [2.24, 2.45) is 0 Å². The Balaban J connectivity index is 1.42. The molecule has 0 amide bonds. The van der Waals surface area contributed by atoms with Crippen LogP contribution in [-0.2, 0) is 11.3 Å². The smallest absolute Gasteiger partial charge is 0.348 e. The molecule has 0 N–H and O–H groups in total. The molecular formula is C20H13ClN4O3S2. The van der Waals surface area contributed by atoms with Crippen LogP contribution in [0.15, 0.2) is 52.8 Å². The number of benzene rings is 1. The lowest BCUT2D eigenvalue weighted by Gasteiger charge is -2.04. The zero-order chi connectivity index (χ0) is 20.8. The highest BCUT2D eigenvalue weighted by Gasteiger charge is 2.18. The second-order valence-corrected chi connectivity index (χ2v) is 8.86.